The Morgan fingerprint density at radius 2 is 1.94 bits per heavy atom. The highest BCUT2D eigenvalue weighted by Gasteiger charge is 2.33. The zero-order chi connectivity index (χ0) is 25.6. The molecule has 2 N–H and O–H groups in total. The minimum atomic E-state index is -4.70. The Labute approximate surface area is 197 Å². The molecule has 0 aliphatic carbocycles. The van der Waals surface area contributed by atoms with E-state index in [-0.39, 0.29) is 29.4 Å². The quantitative estimate of drug-likeness (QED) is 0.348. The molecule has 0 spiro atoms. The Balaban J connectivity index is 1.71. The number of amides is 1. The maximum atomic E-state index is 14.1. The van der Waals surface area contributed by atoms with Crippen LogP contribution in [0.5, 0.6) is 11.6 Å². The van der Waals surface area contributed by atoms with Gasteiger partial charge in [0.1, 0.15) is 17.3 Å². The summed E-state index contributed by atoms with van der Waals surface area (Å²) in [5.41, 5.74) is -0.966. The summed E-state index contributed by atoms with van der Waals surface area (Å²) in [6.07, 6.45) is 1.20. The topological polar surface area (TPSA) is 110 Å². The second-order valence-corrected chi connectivity index (χ2v) is 8.87. The van der Waals surface area contributed by atoms with Crippen LogP contribution >= 0.6 is 0 Å². The van der Waals surface area contributed by atoms with Crippen LogP contribution in [0.1, 0.15) is 16.8 Å². The number of hydrogen-bond donors (Lipinski definition) is 2. The lowest BCUT2D eigenvalue weighted by Crippen LogP contribution is -2.20. The molecule has 13 heteroatoms. The molecular formula is C22H18F4N4O4S. The molecule has 3 aromatic rings. The SMILES string of the molecule is CS(=O)(=O)Nc1ccc(CNC(=O)/C=C\c2ccc(C(F)(F)F)nc2Oc2cccnc2)cc1F. The van der Waals surface area contributed by atoms with Gasteiger partial charge in [0.2, 0.25) is 21.8 Å². The Morgan fingerprint density at radius 3 is 2.57 bits per heavy atom. The minimum absolute atomic E-state index is 0.0937. The summed E-state index contributed by atoms with van der Waals surface area (Å²) >= 11 is 0. The molecule has 2 aromatic heterocycles. The normalized spacial score (nSPS) is 11.9. The molecule has 2 heterocycles. The van der Waals surface area contributed by atoms with E-state index in [2.05, 4.69) is 15.3 Å². The molecule has 3 rings (SSSR count). The van der Waals surface area contributed by atoms with E-state index in [9.17, 15) is 30.8 Å². The zero-order valence-corrected chi connectivity index (χ0v) is 18.8. The lowest BCUT2D eigenvalue weighted by atomic mass is 10.2. The second kappa shape index (κ2) is 10.5. The average Bonchev–Trinajstić information content (AvgIpc) is 2.77. The van der Waals surface area contributed by atoms with Gasteiger partial charge in [0.15, 0.2) is 0 Å². The third kappa shape index (κ3) is 7.78. The van der Waals surface area contributed by atoms with Gasteiger partial charge in [-0.15, -0.1) is 0 Å². The Kier molecular flexibility index (Phi) is 7.69. The lowest BCUT2D eigenvalue weighted by molar-refractivity contribution is -0.141. The van der Waals surface area contributed by atoms with Crippen LogP contribution in [0.15, 0.2) is 60.9 Å². The molecule has 35 heavy (non-hydrogen) atoms. The lowest BCUT2D eigenvalue weighted by Gasteiger charge is -2.11. The van der Waals surface area contributed by atoms with Crippen LogP contribution in [0.3, 0.4) is 0 Å². The van der Waals surface area contributed by atoms with Crippen molar-refractivity contribution >= 4 is 27.7 Å². The van der Waals surface area contributed by atoms with Crippen LogP contribution in [-0.4, -0.2) is 30.5 Å². The fourth-order valence-electron chi connectivity index (χ4n) is 2.70. The average molecular weight is 510 g/mol. The van der Waals surface area contributed by atoms with E-state index >= 15 is 0 Å². The van der Waals surface area contributed by atoms with E-state index in [1.807, 2.05) is 4.72 Å². The molecule has 0 fully saturated rings. The van der Waals surface area contributed by atoms with Gasteiger partial charge in [0.25, 0.3) is 0 Å². The molecule has 0 aliphatic rings. The molecular weight excluding hydrogens is 492 g/mol. The predicted molar refractivity (Wildman–Crippen MR) is 119 cm³/mol. The number of aromatic nitrogens is 2. The number of ether oxygens (including phenoxy) is 1. The van der Waals surface area contributed by atoms with Gasteiger partial charge in [-0.05, 0) is 48.0 Å². The molecule has 0 unspecified atom stereocenters. The third-order valence-electron chi connectivity index (χ3n) is 4.24. The summed E-state index contributed by atoms with van der Waals surface area (Å²) in [5, 5.41) is 2.49. The number of rotatable bonds is 8. The minimum Gasteiger partial charge on any atom is -0.437 e. The van der Waals surface area contributed by atoms with E-state index in [1.165, 1.54) is 42.7 Å². The summed E-state index contributed by atoms with van der Waals surface area (Å²) < 4.78 is 83.2. The molecule has 0 saturated heterocycles. The highest BCUT2D eigenvalue weighted by atomic mass is 32.2. The van der Waals surface area contributed by atoms with Crippen LogP contribution in [0.2, 0.25) is 0 Å². The fourth-order valence-corrected chi connectivity index (χ4v) is 3.27. The van der Waals surface area contributed by atoms with Crippen molar-refractivity contribution in [2.24, 2.45) is 0 Å². The smallest absolute Gasteiger partial charge is 0.433 e. The van der Waals surface area contributed by atoms with Crippen LogP contribution < -0.4 is 14.8 Å². The van der Waals surface area contributed by atoms with Crippen LogP contribution in [-0.2, 0) is 27.5 Å². The molecule has 0 aliphatic heterocycles. The maximum absolute atomic E-state index is 14.1. The largest absolute Gasteiger partial charge is 0.437 e. The summed E-state index contributed by atoms with van der Waals surface area (Å²) in [6, 6.07) is 8.54. The van der Waals surface area contributed by atoms with Gasteiger partial charge in [-0.25, -0.2) is 17.8 Å². The number of hydrogen-bond acceptors (Lipinski definition) is 6. The molecule has 0 atom stereocenters. The number of alkyl halides is 3. The van der Waals surface area contributed by atoms with E-state index < -0.39 is 33.6 Å². The van der Waals surface area contributed by atoms with Crippen molar-refractivity contribution in [2.45, 2.75) is 12.7 Å². The van der Waals surface area contributed by atoms with Gasteiger partial charge in [-0.3, -0.25) is 14.5 Å². The molecule has 0 radical (unpaired) electrons. The van der Waals surface area contributed by atoms with Crippen LogP contribution in [0, 0.1) is 5.82 Å². The highest BCUT2D eigenvalue weighted by molar-refractivity contribution is 7.92. The number of sulfonamides is 1. The van der Waals surface area contributed by atoms with Crippen molar-refractivity contribution in [3.8, 4) is 11.6 Å². The number of carbonyl (C=O) groups is 1. The van der Waals surface area contributed by atoms with Crippen molar-refractivity contribution in [3.63, 3.8) is 0 Å². The molecule has 8 nitrogen and oxygen atoms in total. The van der Waals surface area contributed by atoms with Crippen molar-refractivity contribution < 1.29 is 35.5 Å². The van der Waals surface area contributed by atoms with Gasteiger partial charge < -0.3 is 10.1 Å². The first-order valence-electron chi connectivity index (χ1n) is 9.79. The number of benzene rings is 1. The summed E-state index contributed by atoms with van der Waals surface area (Å²) in [4.78, 5) is 19.5. The van der Waals surface area contributed by atoms with Crippen LogP contribution in [0.25, 0.3) is 6.08 Å². The molecule has 0 saturated carbocycles. The van der Waals surface area contributed by atoms with Gasteiger partial charge in [-0.1, -0.05) is 6.07 Å². The summed E-state index contributed by atoms with van der Waals surface area (Å²) in [6.45, 7) is -0.0937. The summed E-state index contributed by atoms with van der Waals surface area (Å²) in [7, 11) is -3.66. The number of anilines is 1. The monoisotopic (exact) mass is 510 g/mol. The van der Waals surface area contributed by atoms with Gasteiger partial charge in [0.05, 0.1) is 18.1 Å². The van der Waals surface area contributed by atoms with E-state index in [1.54, 1.807) is 0 Å². The number of carbonyl (C=O) groups excluding carboxylic acids is 1. The third-order valence-corrected chi connectivity index (χ3v) is 4.83. The van der Waals surface area contributed by atoms with Crippen LogP contribution in [0.4, 0.5) is 23.2 Å². The van der Waals surface area contributed by atoms with Gasteiger partial charge in [0, 0.05) is 24.4 Å². The van der Waals surface area contributed by atoms with Gasteiger partial charge in [-0.2, -0.15) is 13.2 Å². The molecule has 184 valence electrons. The number of nitrogens with one attached hydrogen (secondary N) is 2. The first kappa shape index (κ1) is 25.6. The first-order valence-corrected chi connectivity index (χ1v) is 11.7. The highest BCUT2D eigenvalue weighted by Crippen LogP contribution is 2.32. The standard InChI is InChI=1S/C22H18F4N4O4S/c1-35(32,33)30-18-7-4-14(11-17(18)23)12-28-20(31)9-6-15-5-8-19(22(24,25)26)29-21(15)34-16-3-2-10-27-13-16/h2-11,13,30H,12H2,1H3,(H,28,31)/b9-6-. The number of nitrogens with zero attached hydrogens (tertiary/aromatic N) is 2. The number of pyridine rings is 2. The van der Waals surface area contributed by atoms with E-state index in [4.69, 9.17) is 4.74 Å². The maximum Gasteiger partial charge on any atom is 0.433 e. The zero-order valence-electron chi connectivity index (χ0n) is 18.0. The van der Waals surface area contributed by atoms with E-state index in [0.29, 0.717) is 5.56 Å². The molecule has 0 bridgehead atoms. The Bertz CT molecular complexity index is 1350. The predicted octanol–water partition coefficient (Wildman–Crippen LogP) is 4.13. The van der Waals surface area contributed by atoms with Crippen molar-refractivity contribution in [2.75, 3.05) is 11.0 Å². The Hall–Kier alpha value is -4.00. The van der Waals surface area contributed by atoms with Crippen molar-refractivity contribution in [1.29, 1.82) is 0 Å². The molecule has 1 aromatic carbocycles. The second-order valence-electron chi connectivity index (χ2n) is 7.12. The van der Waals surface area contributed by atoms with Crippen molar-refractivity contribution in [3.05, 3.63) is 83.6 Å². The summed E-state index contributed by atoms with van der Waals surface area (Å²) in [5.74, 6) is -1.69. The van der Waals surface area contributed by atoms with Crippen molar-refractivity contribution in [1.82, 2.24) is 15.3 Å². The van der Waals surface area contributed by atoms with Gasteiger partial charge >= 0.3 is 6.18 Å². The number of halogens is 4. The fraction of sp³-hybridized carbons (Fsp3) is 0.136. The van der Waals surface area contributed by atoms with E-state index in [0.717, 1.165) is 30.5 Å². The molecule has 1 amide bonds. The first-order chi connectivity index (χ1) is 16.4. The Morgan fingerprint density at radius 1 is 1.17 bits per heavy atom.